The summed E-state index contributed by atoms with van der Waals surface area (Å²) >= 11 is 6.29. The molecule has 0 N–H and O–H groups in total. The maximum Gasteiger partial charge on any atom is 0.343 e. The van der Waals surface area contributed by atoms with E-state index in [-0.39, 0.29) is 17.2 Å². The number of hydrogen-bond acceptors (Lipinski definition) is 5. The highest BCUT2D eigenvalue weighted by Gasteiger charge is 2.22. The fraction of sp³-hybridized carbons (Fsp3) is 0. The van der Waals surface area contributed by atoms with Gasteiger partial charge in [0.1, 0.15) is 11.5 Å². The van der Waals surface area contributed by atoms with Crippen LogP contribution < -0.4 is 14.2 Å². The van der Waals surface area contributed by atoms with Crippen molar-refractivity contribution in [1.82, 2.24) is 0 Å². The first-order valence-electron chi connectivity index (χ1n) is 11.1. The lowest BCUT2D eigenvalue weighted by atomic mass is 10.1. The van der Waals surface area contributed by atoms with Gasteiger partial charge in [0.2, 0.25) is 0 Å². The molecule has 0 aliphatic heterocycles. The zero-order valence-corrected chi connectivity index (χ0v) is 19.6. The molecule has 0 saturated carbocycles. The van der Waals surface area contributed by atoms with Crippen LogP contribution in [-0.4, -0.2) is 11.9 Å². The third kappa shape index (κ3) is 5.06. The van der Waals surface area contributed by atoms with Crippen molar-refractivity contribution < 1.29 is 23.8 Å². The van der Waals surface area contributed by atoms with E-state index in [1.54, 1.807) is 78.9 Å². The Balaban J connectivity index is 1.64. The van der Waals surface area contributed by atoms with E-state index in [4.69, 9.17) is 25.8 Å². The minimum absolute atomic E-state index is 0.180. The van der Waals surface area contributed by atoms with Gasteiger partial charge in [-0.15, -0.1) is 0 Å². The van der Waals surface area contributed by atoms with E-state index in [1.807, 2.05) is 30.3 Å². The van der Waals surface area contributed by atoms with Crippen molar-refractivity contribution in [3.05, 3.63) is 131 Å². The molecule has 0 atom stereocenters. The van der Waals surface area contributed by atoms with Crippen LogP contribution in [0.3, 0.4) is 0 Å². The van der Waals surface area contributed by atoms with E-state index in [0.29, 0.717) is 32.7 Å². The SMILES string of the molecule is O=C(Oc1cc(Oc2ccccc2)c(OC(=O)c2ccccc2)c2ccc(Cl)cc12)c1ccccc1. The summed E-state index contributed by atoms with van der Waals surface area (Å²) < 4.78 is 17.7. The van der Waals surface area contributed by atoms with Crippen LogP contribution in [0.5, 0.6) is 23.0 Å². The van der Waals surface area contributed by atoms with Crippen molar-refractivity contribution in [2.45, 2.75) is 0 Å². The minimum Gasteiger partial charge on any atom is -0.453 e. The number of carbonyl (C=O) groups excluding carboxylic acids is 2. The maximum absolute atomic E-state index is 13.0. The Kier molecular flexibility index (Phi) is 6.65. The van der Waals surface area contributed by atoms with Crippen molar-refractivity contribution in [3.63, 3.8) is 0 Å². The third-order valence-corrected chi connectivity index (χ3v) is 5.60. The van der Waals surface area contributed by atoms with E-state index in [9.17, 15) is 9.59 Å². The molecule has 0 spiro atoms. The standard InChI is InChI=1S/C30H19ClO5/c31-22-16-17-24-25(18-22)26(35-29(32)20-10-4-1-5-11-20)19-27(34-23-14-8-3-9-15-23)28(24)36-30(33)21-12-6-2-7-13-21/h1-19H. The summed E-state index contributed by atoms with van der Waals surface area (Å²) in [5.41, 5.74) is 0.766. The molecule has 36 heavy (non-hydrogen) atoms. The molecule has 0 bridgehead atoms. The number of carbonyl (C=O) groups is 2. The smallest absolute Gasteiger partial charge is 0.343 e. The molecule has 5 nitrogen and oxygen atoms in total. The molecule has 0 aromatic heterocycles. The largest absolute Gasteiger partial charge is 0.453 e. The van der Waals surface area contributed by atoms with E-state index in [1.165, 1.54) is 6.07 Å². The van der Waals surface area contributed by atoms with E-state index < -0.39 is 11.9 Å². The topological polar surface area (TPSA) is 61.8 Å². The lowest BCUT2D eigenvalue weighted by molar-refractivity contribution is 0.0720. The van der Waals surface area contributed by atoms with Gasteiger partial charge in [0.15, 0.2) is 11.5 Å². The number of ether oxygens (including phenoxy) is 3. The van der Waals surface area contributed by atoms with Gasteiger partial charge in [-0.05, 0) is 54.6 Å². The first kappa shape index (κ1) is 23.1. The van der Waals surface area contributed by atoms with Gasteiger partial charge in [-0.25, -0.2) is 9.59 Å². The fourth-order valence-electron chi connectivity index (χ4n) is 3.65. The molecule has 0 heterocycles. The lowest BCUT2D eigenvalue weighted by Crippen LogP contribution is -2.11. The van der Waals surface area contributed by atoms with Crippen LogP contribution in [0.1, 0.15) is 20.7 Å². The van der Waals surface area contributed by atoms with Crippen LogP contribution in [0.2, 0.25) is 5.02 Å². The summed E-state index contributed by atoms with van der Waals surface area (Å²) in [4.78, 5) is 25.9. The van der Waals surface area contributed by atoms with Crippen molar-refractivity contribution in [1.29, 1.82) is 0 Å². The summed E-state index contributed by atoms with van der Waals surface area (Å²) in [7, 11) is 0. The molecule has 0 unspecified atom stereocenters. The van der Waals surface area contributed by atoms with Gasteiger partial charge in [0, 0.05) is 21.9 Å². The molecule has 0 fully saturated rings. The normalized spacial score (nSPS) is 10.6. The lowest BCUT2D eigenvalue weighted by Gasteiger charge is -2.17. The van der Waals surface area contributed by atoms with E-state index in [2.05, 4.69) is 0 Å². The molecule has 0 radical (unpaired) electrons. The van der Waals surface area contributed by atoms with E-state index >= 15 is 0 Å². The van der Waals surface area contributed by atoms with Crippen LogP contribution in [0.4, 0.5) is 0 Å². The number of fused-ring (bicyclic) bond motifs is 1. The van der Waals surface area contributed by atoms with Gasteiger partial charge < -0.3 is 14.2 Å². The van der Waals surface area contributed by atoms with Gasteiger partial charge in [0.25, 0.3) is 0 Å². The summed E-state index contributed by atoms with van der Waals surface area (Å²) in [6.45, 7) is 0. The predicted molar refractivity (Wildman–Crippen MR) is 138 cm³/mol. The zero-order chi connectivity index (χ0) is 24.9. The van der Waals surface area contributed by atoms with Gasteiger partial charge in [-0.3, -0.25) is 0 Å². The number of benzene rings is 5. The molecule has 5 aromatic carbocycles. The zero-order valence-electron chi connectivity index (χ0n) is 18.9. The van der Waals surface area contributed by atoms with Gasteiger partial charge in [0.05, 0.1) is 11.1 Å². The minimum atomic E-state index is -0.557. The predicted octanol–water partition coefficient (Wildman–Crippen LogP) is 7.72. The van der Waals surface area contributed by atoms with Crippen LogP contribution in [0, 0.1) is 0 Å². The van der Waals surface area contributed by atoms with Gasteiger partial charge >= 0.3 is 11.9 Å². The molecule has 0 amide bonds. The number of rotatable bonds is 6. The number of para-hydroxylation sites is 1. The Morgan fingerprint density at radius 1 is 0.556 bits per heavy atom. The summed E-state index contributed by atoms with van der Waals surface area (Å²) in [5, 5.41) is 1.41. The highest BCUT2D eigenvalue weighted by atomic mass is 35.5. The van der Waals surface area contributed by atoms with Crippen molar-refractivity contribution in [2.75, 3.05) is 0 Å². The summed E-state index contributed by atoms with van der Waals surface area (Å²) in [6.07, 6.45) is 0. The van der Waals surface area contributed by atoms with Crippen LogP contribution in [0.15, 0.2) is 115 Å². The second kappa shape index (κ2) is 10.3. The molecule has 5 aromatic rings. The van der Waals surface area contributed by atoms with Crippen molar-refractivity contribution >= 4 is 34.3 Å². The molecule has 176 valence electrons. The highest BCUT2D eigenvalue weighted by Crippen LogP contribution is 2.44. The first-order valence-corrected chi connectivity index (χ1v) is 11.5. The second-order valence-electron chi connectivity index (χ2n) is 7.82. The van der Waals surface area contributed by atoms with E-state index in [0.717, 1.165) is 0 Å². The first-order chi connectivity index (χ1) is 17.6. The fourth-order valence-corrected chi connectivity index (χ4v) is 3.83. The van der Waals surface area contributed by atoms with Gasteiger partial charge in [-0.1, -0.05) is 66.2 Å². The number of hydrogen-bond donors (Lipinski definition) is 0. The molecule has 6 heteroatoms. The Labute approximate surface area is 212 Å². The Morgan fingerprint density at radius 2 is 1.11 bits per heavy atom. The number of halogens is 1. The monoisotopic (exact) mass is 494 g/mol. The molecule has 0 saturated heterocycles. The second-order valence-corrected chi connectivity index (χ2v) is 8.25. The molecule has 0 aliphatic carbocycles. The summed E-state index contributed by atoms with van der Waals surface area (Å²) in [5.74, 6) is 0.0142. The van der Waals surface area contributed by atoms with Crippen molar-refractivity contribution in [3.8, 4) is 23.0 Å². The molecule has 5 rings (SSSR count). The quantitative estimate of drug-likeness (QED) is 0.178. The Hall–Kier alpha value is -4.61. The summed E-state index contributed by atoms with van der Waals surface area (Å²) in [6, 6.07) is 32.9. The van der Waals surface area contributed by atoms with Crippen LogP contribution in [0.25, 0.3) is 10.8 Å². The molecular formula is C30H19ClO5. The van der Waals surface area contributed by atoms with Crippen molar-refractivity contribution in [2.24, 2.45) is 0 Å². The Morgan fingerprint density at radius 3 is 1.72 bits per heavy atom. The van der Waals surface area contributed by atoms with Crippen LogP contribution in [-0.2, 0) is 0 Å². The third-order valence-electron chi connectivity index (χ3n) is 5.37. The average Bonchev–Trinajstić information content (AvgIpc) is 2.92. The molecule has 0 aliphatic rings. The van der Waals surface area contributed by atoms with Gasteiger partial charge in [-0.2, -0.15) is 0 Å². The highest BCUT2D eigenvalue weighted by molar-refractivity contribution is 6.31. The maximum atomic E-state index is 13.0. The number of esters is 2. The average molecular weight is 495 g/mol. The Bertz CT molecular complexity index is 1530. The molecular weight excluding hydrogens is 476 g/mol. The van der Waals surface area contributed by atoms with Crippen LogP contribution >= 0.6 is 11.6 Å².